The highest BCUT2D eigenvalue weighted by atomic mass is 16.4. The molecule has 1 aromatic rings. The number of nitrogens with two attached hydrogens (primary N) is 3. The van der Waals surface area contributed by atoms with Crippen molar-refractivity contribution in [2.75, 3.05) is 0 Å². The van der Waals surface area contributed by atoms with Gasteiger partial charge in [0.1, 0.15) is 18.1 Å². The summed E-state index contributed by atoms with van der Waals surface area (Å²) in [5, 5.41) is 24.9. The molecule has 15 nitrogen and oxygen atoms in total. The zero-order valence-electron chi connectivity index (χ0n) is 19.7. The molecule has 0 heterocycles. The molecule has 0 bridgehead atoms. The van der Waals surface area contributed by atoms with E-state index < -0.39 is 78.5 Å². The van der Waals surface area contributed by atoms with Gasteiger partial charge in [0, 0.05) is 12.8 Å². The smallest absolute Gasteiger partial charge is 0.326 e. The Kier molecular flexibility index (Phi) is 12.2. The number of carboxylic acid groups (broad SMARTS) is 2. The van der Waals surface area contributed by atoms with Gasteiger partial charge in [0.15, 0.2) is 0 Å². The molecule has 0 radical (unpaired) electrons. The first-order valence-electron chi connectivity index (χ1n) is 11.0. The van der Waals surface area contributed by atoms with Crippen molar-refractivity contribution in [1.29, 1.82) is 0 Å². The van der Waals surface area contributed by atoms with Crippen LogP contribution in [0.15, 0.2) is 30.3 Å². The Balaban J connectivity index is 3.16. The summed E-state index contributed by atoms with van der Waals surface area (Å²) < 4.78 is 0. The zero-order valence-corrected chi connectivity index (χ0v) is 19.7. The lowest BCUT2D eigenvalue weighted by molar-refractivity contribution is -0.143. The Hall–Kier alpha value is -4.53. The molecular formula is C22H30N6O9. The monoisotopic (exact) mass is 522 g/mol. The van der Waals surface area contributed by atoms with Crippen molar-refractivity contribution < 1.29 is 43.8 Å². The lowest BCUT2D eigenvalue weighted by atomic mass is 10.0. The number of primary amides is 2. The summed E-state index contributed by atoms with van der Waals surface area (Å²) in [7, 11) is 0. The molecule has 0 aromatic heterocycles. The fourth-order valence-corrected chi connectivity index (χ4v) is 3.12. The Labute approximate surface area is 211 Å². The lowest BCUT2D eigenvalue weighted by Crippen LogP contribution is -2.58. The highest BCUT2D eigenvalue weighted by Crippen LogP contribution is 2.07. The van der Waals surface area contributed by atoms with E-state index in [9.17, 15) is 38.7 Å². The second-order valence-corrected chi connectivity index (χ2v) is 8.09. The number of rotatable bonds is 16. The minimum absolute atomic E-state index is 0.115. The molecule has 5 amide bonds. The first kappa shape index (κ1) is 30.5. The number of hydrogen-bond donors (Lipinski definition) is 8. The van der Waals surface area contributed by atoms with Gasteiger partial charge in [-0.05, 0) is 12.0 Å². The van der Waals surface area contributed by atoms with E-state index in [1.165, 1.54) is 0 Å². The van der Waals surface area contributed by atoms with Gasteiger partial charge in [-0.3, -0.25) is 28.8 Å². The predicted octanol–water partition coefficient (Wildman–Crippen LogP) is -3.29. The number of aliphatic carboxylic acids is 2. The molecule has 11 N–H and O–H groups in total. The van der Waals surface area contributed by atoms with E-state index in [-0.39, 0.29) is 19.3 Å². The summed E-state index contributed by atoms with van der Waals surface area (Å²) >= 11 is 0. The maximum absolute atomic E-state index is 13.0. The van der Waals surface area contributed by atoms with Crippen molar-refractivity contribution in [3.8, 4) is 0 Å². The molecule has 0 saturated carbocycles. The van der Waals surface area contributed by atoms with E-state index in [0.29, 0.717) is 5.56 Å². The summed E-state index contributed by atoms with van der Waals surface area (Å²) in [5.41, 5.74) is 16.3. The fourth-order valence-electron chi connectivity index (χ4n) is 3.12. The SMILES string of the molecule is NC(=O)CCC(NC(=O)C(N)CC(=O)O)C(=O)NC(Cc1ccccc1)C(=O)NC(CC(N)=O)C(=O)O. The molecule has 4 atom stereocenters. The zero-order chi connectivity index (χ0) is 28.1. The molecule has 0 saturated heterocycles. The first-order chi connectivity index (χ1) is 17.3. The van der Waals surface area contributed by atoms with Crippen LogP contribution in [-0.2, 0) is 40.0 Å². The third-order valence-corrected chi connectivity index (χ3v) is 4.98. The Morgan fingerprint density at radius 1 is 0.730 bits per heavy atom. The minimum Gasteiger partial charge on any atom is -0.481 e. The maximum atomic E-state index is 13.0. The quantitative estimate of drug-likeness (QED) is 0.107. The van der Waals surface area contributed by atoms with Gasteiger partial charge in [-0.1, -0.05) is 30.3 Å². The number of carboxylic acids is 2. The Bertz CT molecular complexity index is 1020. The van der Waals surface area contributed by atoms with E-state index in [4.69, 9.17) is 22.3 Å². The second kappa shape index (κ2) is 14.8. The topological polar surface area (TPSA) is 274 Å². The van der Waals surface area contributed by atoms with Crippen LogP contribution < -0.4 is 33.2 Å². The van der Waals surface area contributed by atoms with Crippen LogP contribution in [0.4, 0.5) is 0 Å². The molecule has 4 unspecified atom stereocenters. The van der Waals surface area contributed by atoms with Crippen molar-refractivity contribution in [2.45, 2.75) is 56.3 Å². The summed E-state index contributed by atoms with van der Waals surface area (Å²) in [6, 6.07) is 2.33. The second-order valence-electron chi connectivity index (χ2n) is 8.09. The number of hydrogen-bond acceptors (Lipinski definition) is 8. The Morgan fingerprint density at radius 2 is 1.27 bits per heavy atom. The molecule has 0 spiro atoms. The third kappa shape index (κ3) is 11.6. The molecule has 0 aliphatic carbocycles. The number of benzene rings is 1. The van der Waals surface area contributed by atoms with Gasteiger partial charge < -0.3 is 43.4 Å². The molecule has 37 heavy (non-hydrogen) atoms. The van der Waals surface area contributed by atoms with E-state index >= 15 is 0 Å². The van der Waals surface area contributed by atoms with E-state index in [0.717, 1.165) is 0 Å². The predicted molar refractivity (Wildman–Crippen MR) is 126 cm³/mol. The molecule has 0 aliphatic heterocycles. The molecular weight excluding hydrogens is 492 g/mol. The van der Waals surface area contributed by atoms with Crippen LogP contribution in [0, 0.1) is 0 Å². The molecule has 1 rings (SSSR count). The van der Waals surface area contributed by atoms with Crippen LogP contribution in [0.5, 0.6) is 0 Å². The lowest BCUT2D eigenvalue weighted by Gasteiger charge is -2.25. The van der Waals surface area contributed by atoms with Gasteiger partial charge >= 0.3 is 11.9 Å². The van der Waals surface area contributed by atoms with Gasteiger partial charge in [0.2, 0.25) is 29.5 Å². The van der Waals surface area contributed by atoms with Crippen LogP contribution in [0.25, 0.3) is 0 Å². The van der Waals surface area contributed by atoms with Crippen molar-refractivity contribution in [1.82, 2.24) is 16.0 Å². The average Bonchev–Trinajstić information content (AvgIpc) is 2.80. The Morgan fingerprint density at radius 3 is 1.78 bits per heavy atom. The van der Waals surface area contributed by atoms with Crippen molar-refractivity contribution >= 4 is 41.5 Å². The fraction of sp³-hybridized carbons (Fsp3) is 0.409. The average molecular weight is 523 g/mol. The minimum atomic E-state index is -1.67. The largest absolute Gasteiger partial charge is 0.481 e. The number of carbonyl (C=O) groups is 7. The molecule has 202 valence electrons. The summed E-state index contributed by atoms with van der Waals surface area (Å²) in [6.45, 7) is 0. The highest BCUT2D eigenvalue weighted by Gasteiger charge is 2.31. The van der Waals surface area contributed by atoms with Crippen molar-refractivity contribution in [3.05, 3.63) is 35.9 Å². The van der Waals surface area contributed by atoms with Gasteiger partial charge in [-0.2, -0.15) is 0 Å². The van der Waals surface area contributed by atoms with E-state index in [1.807, 2.05) is 0 Å². The summed E-state index contributed by atoms with van der Waals surface area (Å²) in [6.07, 6.45) is -2.19. The summed E-state index contributed by atoms with van der Waals surface area (Å²) in [4.78, 5) is 83.0. The van der Waals surface area contributed by atoms with Crippen LogP contribution in [0.1, 0.15) is 31.2 Å². The van der Waals surface area contributed by atoms with Gasteiger partial charge in [-0.25, -0.2) is 4.79 Å². The van der Waals surface area contributed by atoms with Gasteiger partial charge in [0.05, 0.1) is 18.9 Å². The number of carbonyl (C=O) groups excluding carboxylic acids is 5. The summed E-state index contributed by atoms with van der Waals surface area (Å²) in [5.74, 6) is -7.58. The number of amides is 5. The molecule has 1 aromatic carbocycles. The van der Waals surface area contributed by atoms with Crippen LogP contribution >= 0.6 is 0 Å². The highest BCUT2D eigenvalue weighted by molar-refractivity contribution is 5.95. The van der Waals surface area contributed by atoms with Crippen LogP contribution in [0.3, 0.4) is 0 Å². The van der Waals surface area contributed by atoms with Gasteiger partial charge in [0.25, 0.3) is 0 Å². The number of nitrogens with one attached hydrogen (secondary N) is 3. The van der Waals surface area contributed by atoms with E-state index in [1.54, 1.807) is 30.3 Å². The normalized spacial score (nSPS) is 13.8. The molecule has 15 heteroatoms. The van der Waals surface area contributed by atoms with Crippen molar-refractivity contribution in [2.24, 2.45) is 17.2 Å². The first-order valence-corrected chi connectivity index (χ1v) is 11.0. The van der Waals surface area contributed by atoms with Gasteiger partial charge in [-0.15, -0.1) is 0 Å². The third-order valence-electron chi connectivity index (χ3n) is 4.98. The van der Waals surface area contributed by atoms with Crippen LogP contribution in [-0.4, -0.2) is 75.9 Å². The molecule has 0 aliphatic rings. The standard InChI is InChI=1S/C22H30N6O9/c23-12(9-18(31)32)19(33)26-13(6-7-16(24)29)20(34)27-14(8-11-4-2-1-3-5-11)21(35)28-15(22(36)37)10-17(25)30/h1-5,12-15H,6-10,23H2,(H2,24,29)(H2,25,30)(H,26,33)(H,27,34)(H,28,35)(H,31,32)(H,36,37). The van der Waals surface area contributed by atoms with Crippen molar-refractivity contribution in [3.63, 3.8) is 0 Å². The van der Waals surface area contributed by atoms with Crippen LogP contribution in [0.2, 0.25) is 0 Å². The molecule has 0 fully saturated rings. The maximum Gasteiger partial charge on any atom is 0.326 e. The van der Waals surface area contributed by atoms with E-state index in [2.05, 4.69) is 16.0 Å².